The van der Waals surface area contributed by atoms with Gasteiger partial charge in [0.1, 0.15) is 0 Å². The summed E-state index contributed by atoms with van der Waals surface area (Å²) in [5.74, 6) is -1.10. The van der Waals surface area contributed by atoms with Crippen LogP contribution in [0.1, 0.15) is 29.0 Å². The number of amides is 1. The number of halogens is 2. The molecule has 0 saturated carbocycles. The van der Waals surface area contributed by atoms with Crippen molar-refractivity contribution in [2.24, 2.45) is 0 Å². The summed E-state index contributed by atoms with van der Waals surface area (Å²) in [7, 11) is 0. The van der Waals surface area contributed by atoms with Crippen LogP contribution in [0, 0.1) is 0 Å². The number of aromatic nitrogens is 2. The van der Waals surface area contributed by atoms with E-state index in [4.69, 9.17) is 27.9 Å². The van der Waals surface area contributed by atoms with Crippen molar-refractivity contribution in [3.8, 4) is 0 Å². The number of hydrogen-bond donors (Lipinski definition) is 2. The lowest BCUT2D eigenvalue weighted by Crippen LogP contribution is -2.31. The van der Waals surface area contributed by atoms with Crippen LogP contribution in [0.5, 0.6) is 0 Å². The number of carbonyl (C=O) groups excluding carboxylic acids is 2. The summed E-state index contributed by atoms with van der Waals surface area (Å²) in [5.41, 5.74) is 1.65. The van der Waals surface area contributed by atoms with Gasteiger partial charge in [-0.1, -0.05) is 47.5 Å². The fraction of sp³-hybridized carbons (Fsp3) is 0.167. The highest BCUT2D eigenvalue weighted by molar-refractivity contribution is 6.42. The third-order valence-corrected chi connectivity index (χ3v) is 4.56. The fourth-order valence-corrected chi connectivity index (χ4v) is 2.77. The van der Waals surface area contributed by atoms with Gasteiger partial charge in [0.25, 0.3) is 5.91 Å². The minimum absolute atomic E-state index is 0.144. The van der Waals surface area contributed by atoms with E-state index in [0.717, 1.165) is 11.1 Å². The number of ether oxygens (including phenoxy) is 1. The molecule has 0 bridgehead atoms. The maximum Gasteiger partial charge on any atom is 0.359 e. The average molecular weight is 392 g/mol. The van der Waals surface area contributed by atoms with Crippen LogP contribution in [0.2, 0.25) is 10.0 Å². The molecule has 0 aliphatic carbocycles. The number of nitrogens with zero attached hydrogens (tertiary/aromatic N) is 1. The molecule has 1 aromatic heterocycles. The first kappa shape index (κ1) is 18.2. The minimum Gasteiger partial charge on any atom is -0.451 e. The molecule has 0 radical (unpaired) electrons. The van der Waals surface area contributed by atoms with Gasteiger partial charge < -0.3 is 10.1 Å². The van der Waals surface area contributed by atoms with Crippen molar-refractivity contribution >= 4 is 46.0 Å². The molecule has 26 heavy (non-hydrogen) atoms. The Morgan fingerprint density at radius 1 is 1.19 bits per heavy atom. The number of aromatic amines is 1. The van der Waals surface area contributed by atoms with Crippen molar-refractivity contribution in [1.82, 2.24) is 15.5 Å². The lowest BCUT2D eigenvalue weighted by Gasteiger charge is -2.15. The van der Waals surface area contributed by atoms with Gasteiger partial charge in [0.2, 0.25) is 0 Å². The summed E-state index contributed by atoms with van der Waals surface area (Å²) in [5, 5.41) is 10.9. The number of H-pyrrole nitrogens is 1. The SMILES string of the molecule is C[C@H](NC(=O)COC(=O)c1n[nH]c2ccccc12)c1ccc(Cl)c(Cl)c1. The Kier molecular flexibility index (Phi) is 5.44. The maximum absolute atomic E-state index is 12.1. The van der Waals surface area contributed by atoms with Crippen LogP contribution >= 0.6 is 23.2 Å². The molecule has 134 valence electrons. The van der Waals surface area contributed by atoms with Crippen LogP contribution in [0.25, 0.3) is 10.9 Å². The molecule has 2 aromatic carbocycles. The molecule has 2 N–H and O–H groups in total. The molecular formula is C18H15Cl2N3O3. The molecule has 0 saturated heterocycles. The number of fused-ring (bicyclic) bond motifs is 1. The van der Waals surface area contributed by atoms with Crippen LogP contribution < -0.4 is 5.32 Å². The van der Waals surface area contributed by atoms with Gasteiger partial charge in [-0.3, -0.25) is 9.89 Å². The second-order valence-corrected chi connectivity index (χ2v) is 6.47. The molecule has 0 spiro atoms. The number of hydrogen-bond acceptors (Lipinski definition) is 4. The first-order valence-corrected chi connectivity index (χ1v) is 8.56. The second kappa shape index (κ2) is 7.76. The van der Waals surface area contributed by atoms with Crippen molar-refractivity contribution in [3.05, 3.63) is 63.8 Å². The lowest BCUT2D eigenvalue weighted by molar-refractivity contribution is -0.124. The van der Waals surface area contributed by atoms with E-state index >= 15 is 0 Å². The number of benzene rings is 2. The highest BCUT2D eigenvalue weighted by Gasteiger charge is 2.18. The van der Waals surface area contributed by atoms with E-state index in [0.29, 0.717) is 15.4 Å². The Morgan fingerprint density at radius 3 is 2.73 bits per heavy atom. The Labute approximate surface area is 159 Å². The van der Waals surface area contributed by atoms with Gasteiger partial charge in [0.15, 0.2) is 12.3 Å². The van der Waals surface area contributed by atoms with E-state index in [2.05, 4.69) is 15.5 Å². The van der Waals surface area contributed by atoms with Gasteiger partial charge in [-0.25, -0.2) is 4.79 Å². The molecule has 1 heterocycles. The normalized spacial score (nSPS) is 12.0. The zero-order chi connectivity index (χ0) is 18.7. The van der Waals surface area contributed by atoms with E-state index in [1.807, 2.05) is 6.07 Å². The Hall–Kier alpha value is -2.57. The summed E-state index contributed by atoms with van der Waals surface area (Å²) in [6, 6.07) is 11.9. The minimum atomic E-state index is -0.667. The predicted octanol–water partition coefficient (Wildman–Crippen LogP) is 3.90. The Morgan fingerprint density at radius 2 is 1.96 bits per heavy atom. The van der Waals surface area contributed by atoms with Crippen LogP contribution in [0.15, 0.2) is 42.5 Å². The van der Waals surface area contributed by atoms with Crippen LogP contribution in [-0.4, -0.2) is 28.7 Å². The quantitative estimate of drug-likeness (QED) is 0.645. The number of carbonyl (C=O) groups is 2. The summed E-state index contributed by atoms with van der Waals surface area (Å²) in [4.78, 5) is 24.2. The molecule has 6 nitrogen and oxygen atoms in total. The molecule has 0 unspecified atom stereocenters. The van der Waals surface area contributed by atoms with Gasteiger partial charge >= 0.3 is 5.97 Å². The van der Waals surface area contributed by atoms with Gasteiger partial charge in [-0.2, -0.15) is 5.10 Å². The lowest BCUT2D eigenvalue weighted by atomic mass is 10.1. The molecule has 0 aliphatic heterocycles. The largest absolute Gasteiger partial charge is 0.451 e. The Balaban J connectivity index is 1.58. The molecule has 0 aliphatic rings. The van der Waals surface area contributed by atoms with E-state index in [9.17, 15) is 9.59 Å². The maximum atomic E-state index is 12.1. The molecule has 1 amide bonds. The standard InChI is InChI=1S/C18H15Cl2N3O3/c1-10(11-6-7-13(19)14(20)8-11)21-16(24)9-26-18(25)17-12-4-2-3-5-15(12)22-23-17/h2-8,10H,9H2,1H3,(H,21,24)(H,22,23)/t10-/m0/s1. The molecule has 3 aromatic rings. The van der Waals surface area contributed by atoms with Gasteiger partial charge in [-0.15, -0.1) is 0 Å². The monoisotopic (exact) mass is 391 g/mol. The van der Waals surface area contributed by atoms with Crippen molar-refractivity contribution < 1.29 is 14.3 Å². The molecule has 3 rings (SSSR count). The van der Waals surface area contributed by atoms with Crippen LogP contribution in [0.4, 0.5) is 0 Å². The van der Waals surface area contributed by atoms with E-state index < -0.39 is 18.5 Å². The number of rotatable bonds is 5. The van der Waals surface area contributed by atoms with Gasteiger partial charge in [0, 0.05) is 5.39 Å². The van der Waals surface area contributed by atoms with E-state index in [1.54, 1.807) is 43.3 Å². The number of nitrogens with one attached hydrogen (secondary N) is 2. The van der Waals surface area contributed by atoms with Crippen molar-refractivity contribution in [2.75, 3.05) is 6.61 Å². The topological polar surface area (TPSA) is 84.1 Å². The van der Waals surface area contributed by atoms with E-state index in [1.165, 1.54) is 0 Å². The highest BCUT2D eigenvalue weighted by atomic mass is 35.5. The van der Waals surface area contributed by atoms with Gasteiger partial charge in [-0.05, 0) is 30.7 Å². The molecule has 1 atom stereocenters. The molecule has 8 heteroatoms. The summed E-state index contributed by atoms with van der Waals surface area (Å²) in [6.45, 7) is 1.38. The summed E-state index contributed by atoms with van der Waals surface area (Å²) in [6.07, 6.45) is 0. The smallest absolute Gasteiger partial charge is 0.359 e. The predicted molar refractivity (Wildman–Crippen MR) is 99.4 cm³/mol. The van der Waals surface area contributed by atoms with Crippen molar-refractivity contribution in [1.29, 1.82) is 0 Å². The number of esters is 1. The third-order valence-electron chi connectivity index (χ3n) is 3.82. The summed E-state index contributed by atoms with van der Waals surface area (Å²) < 4.78 is 5.06. The second-order valence-electron chi connectivity index (χ2n) is 5.66. The zero-order valence-electron chi connectivity index (χ0n) is 13.8. The van der Waals surface area contributed by atoms with Crippen molar-refractivity contribution in [2.45, 2.75) is 13.0 Å². The molecule has 0 fully saturated rings. The number of para-hydroxylation sites is 1. The van der Waals surface area contributed by atoms with Gasteiger partial charge in [0.05, 0.1) is 21.6 Å². The fourth-order valence-electron chi connectivity index (χ4n) is 2.47. The average Bonchev–Trinajstić information content (AvgIpc) is 3.06. The zero-order valence-corrected chi connectivity index (χ0v) is 15.3. The summed E-state index contributed by atoms with van der Waals surface area (Å²) >= 11 is 11.9. The molecular weight excluding hydrogens is 377 g/mol. The first-order valence-electron chi connectivity index (χ1n) is 7.80. The highest BCUT2D eigenvalue weighted by Crippen LogP contribution is 2.25. The van der Waals surface area contributed by atoms with E-state index in [-0.39, 0.29) is 11.7 Å². The van der Waals surface area contributed by atoms with Crippen LogP contribution in [-0.2, 0) is 9.53 Å². The van der Waals surface area contributed by atoms with Crippen molar-refractivity contribution in [3.63, 3.8) is 0 Å². The van der Waals surface area contributed by atoms with Crippen LogP contribution in [0.3, 0.4) is 0 Å². The Bertz CT molecular complexity index is 971. The first-order chi connectivity index (χ1) is 12.5. The third kappa shape index (κ3) is 3.98.